The number of halogens is 1. The van der Waals surface area contributed by atoms with Crippen LogP contribution in [-0.2, 0) is 6.54 Å². The van der Waals surface area contributed by atoms with E-state index in [4.69, 9.17) is 14.2 Å². The van der Waals surface area contributed by atoms with E-state index in [1.807, 2.05) is 24.3 Å². The van der Waals surface area contributed by atoms with Gasteiger partial charge >= 0.3 is 0 Å². The Bertz CT molecular complexity index is 643. The van der Waals surface area contributed by atoms with Crippen LogP contribution in [0.15, 0.2) is 40.9 Å². The standard InChI is InChI=1S/C18H22BrNO3/c1-12(13-5-7-15(19)8-6-13)20-11-14-9-17(22-3)18(23-4)10-16(14)21-2/h5-10,12,20H,11H2,1-4H3/t12-/m1/s1. The molecule has 2 aromatic carbocycles. The summed E-state index contributed by atoms with van der Waals surface area (Å²) in [6, 6.07) is 12.3. The molecule has 1 N–H and O–H groups in total. The third kappa shape index (κ3) is 4.39. The first-order valence-corrected chi connectivity index (χ1v) is 8.16. The predicted molar refractivity (Wildman–Crippen MR) is 95.5 cm³/mol. The highest BCUT2D eigenvalue weighted by Crippen LogP contribution is 2.34. The number of hydrogen-bond acceptors (Lipinski definition) is 4. The number of hydrogen-bond donors (Lipinski definition) is 1. The number of rotatable bonds is 7. The minimum absolute atomic E-state index is 0.223. The van der Waals surface area contributed by atoms with E-state index in [1.165, 1.54) is 5.56 Å². The molecule has 0 amide bonds. The molecule has 0 radical (unpaired) electrons. The molecule has 0 unspecified atom stereocenters. The molecule has 0 saturated heterocycles. The predicted octanol–water partition coefficient (Wildman–Crippen LogP) is 4.33. The maximum atomic E-state index is 5.46. The van der Waals surface area contributed by atoms with Gasteiger partial charge in [0.05, 0.1) is 21.3 Å². The summed E-state index contributed by atoms with van der Waals surface area (Å²) in [5, 5.41) is 3.51. The number of nitrogens with one attached hydrogen (secondary N) is 1. The maximum Gasteiger partial charge on any atom is 0.164 e. The van der Waals surface area contributed by atoms with E-state index in [1.54, 1.807) is 21.3 Å². The van der Waals surface area contributed by atoms with Gasteiger partial charge in [-0.05, 0) is 30.7 Å². The smallest absolute Gasteiger partial charge is 0.164 e. The van der Waals surface area contributed by atoms with Crippen LogP contribution in [0.25, 0.3) is 0 Å². The Balaban J connectivity index is 2.14. The second-order valence-electron chi connectivity index (χ2n) is 5.17. The zero-order valence-corrected chi connectivity index (χ0v) is 15.4. The van der Waals surface area contributed by atoms with Gasteiger partial charge in [-0.25, -0.2) is 0 Å². The van der Waals surface area contributed by atoms with Gasteiger partial charge in [-0.2, -0.15) is 0 Å². The first kappa shape index (κ1) is 17.6. The van der Waals surface area contributed by atoms with Gasteiger partial charge in [-0.1, -0.05) is 28.1 Å². The van der Waals surface area contributed by atoms with E-state index in [2.05, 4.69) is 40.3 Å². The number of ether oxygens (including phenoxy) is 3. The van der Waals surface area contributed by atoms with Crippen LogP contribution in [0.3, 0.4) is 0 Å². The second-order valence-corrected chi connectivity index (χ2v) is 6.09. The summed E-state index contributed by atoms with van der Waals surface area (Å²) in [7, 11) is 4.90. The Labute approximate surface area is 145 Å². The second kappa shape index (κ2) is 8.22. The molecule has 0 bridgehead atoms. The Hall–Kier alpha value is -1.72. The van der Waals surface area contributed by atoms with Crippen LogP contribution >= 0.6 is 15.9 Å². The molecule has 4 nitrogen and oxygen atoms in total. The van der Waals surface area contributed by atoms with E-state index in [0.29, 0.717) is 18.0 Å². The molecular weight excluding hydrogens is 358 g/mol. The summed E-state index contributed by atoms with van der Waals surface area (Å²) < 4.78 is 17.2. The van der Waals surface area contributed by atoms with Crippen molar-refractivity contribution in [2.24, 2.45) is 0 Å². The molecule has 0 aromatic heterocycles. The minimum atomic E-state index is 0.223. The third-order valence-electron chi connectivity index (χ3n) is 3.76. The van der Waals surface area contributed by atoms with E-state index in [-0.39, 0.29) is 6.04 Å². The fourth-order valence-electron chi connectivity index (χ4n) is 2.36. The fraction of sp³-hybridized carbons (Fsp3) is 0.333. The molecule has 0 spiro atoms. The molecule has 0 heterocycles. The van der Waals surface area contributed by atoms with Crippen molar-refractivity contribution in [2.45, 2.75) is 19.5 Å². The van der Waals surface area contributed by atoms with Gasteiger partial charge in [0, 0.05) is 28.7 Å². The first-order valence-electron chi connectivity index (χ1n) is 7.36. The summed E-state index contributed by atoms with van der Waals surface area (Å²) in [5.74, 6) is 2.13. The highest BCUT2D eigenvalue weighted by molar-refractivity contribution is 9.10. The lowest BCUT2D eigenvalue weighted by Gasteiger charge is -2.18. The van der Waals surface area contributed by atoms with Crippen molar-refractivity contribution >= 4 is 15.9 Å². The fourth-order valence-corrected chi connectivity index (χ4v) is 2.63. The maximum absolute atomic E-state index is 5.46. The van der Waals surface area contributed by atoms with Crippen LogP contribution in [0.5, 0.6) is 17.2 Å². The Morgan fingerprint density at radius 3 is 2.04 bits per heavy atom. The Morgan fingerprint density at radius 2 is 1.48 bits per heavy atom. The van der Waals surface area contributed by atoms with Gasteiger partial charge in [-0.3, -0.25) is 0 Å². The first-order chi connectivity index (χ1) is 11.1. The van der Waals surface area contributed by atoms with Crippen LogP contribution in [-0.4, -0.2) is 21.3 Å². The van der Waals surface area contributed by atoms with Crippen molar-refractivity contribution < 1.29 is 14.2 Å². The zero-order valence-electron chi connectivity index (χ0n) is 13.9. The highest BCUT2D eigenvalue weighted by Gasteiger charge is 2.13. The molecule has 124 valence electrons. The molecule has 2 rings (SSSR count). The molecule has 0 saturated carbocycles. The molecule has 0 fully saturated rings. The van der Waals surface area contributed by atoms with E-state index in [0.717, 1.165) is 15.8 Å². The van der Waals surface area contributed by atoms with Crippen LogP contribution < -0.4 is 19.5 Å². The van der Waals surface area contributed by atoms with Gasteiger partial charge in [0.25, 0.3) is 0 Å². The van der Waals surface area contributed by atoms with Crippen molar-refractivity contribution in [3.8, 4) is 17.2 Å². The Morgan fingerprint density at radius 1 is 0.913 bits per heavy atom. The van der Waals surface area contributed by atoms with Crippen molar-refractivity contribution in [1.82, 2.24) is 5.32 Å². The molecule has 0 aliphatic carbocycles. The zero-order chi connectivity index (χ0) is 16.8. The van der Waals surface area contributed by atoms with Gasteiger partial charge in [-0.15, -0.1) is 0 Å². The normalized spacial score (nSPS) is 11.9. The number of methoxy groups -OCH3 is 3. The van der Waals surface area contributed by atoms with Crippen LogP contribution in [0.2, 0.25) is 0 Å². The van der Waals surface area contributed by atoms with Crippen LogP contribution in [0.4, 0.5) is 0 Å². The van der Waals surface area contributed by atoms with Crippen molar-refractivity contribution in [2.75, 3.05) is 21.3 Å². The molecule has 2 aromatic rings. The molecular formula is C18H22BrNO3. The molecule has 0 aliphatic rings. The van der Waals surface area contributed by atoms with E-state index < -0.39 is 0 Å². The Kier molecular flexibility index (Phi) is 6.30. The van der Waals surface area contributed by atoms with Gasteiger partial charge < -0.3 is 19.5 Å². The van der Waals surface area contributed by atoms with Crippen molar-refractivity contribution in [1.29, 1.82) is 0 Å². The number of benzene rings is 2. The summed E-state index contributed by atoms with van der Waals surface area (Å²) in [4.78, 5) is 0. The largest absolute Gasteiger partial charge is 0.496 e. The van der Waals surface area contributed by atoms with Crippen LogP contribution in [0.1, 0.15) is 24.1 Å². The molecule has 0 aliphatic heterocycles. The summed E-state index contributed by atoms with van der Waals surface area (Å²) in [6.07, 6.45) is 0. The summed E-state index contributed by atoms with van der Waals surface area (Å²) in [5.41, 5.74) is 2.25. The highest BCUT2D eigenvalue weighted by atomic mass is 79.9. The summed E-state index contributed by atoms with van der Waals surface area (Å²) >= 11 is 3.46. The lowest BCUT2D eigenvalue weighted by molar-refractivity contribution is 0.346. The topological polar surface area (TPSA) is 39.7 Å². The van der Waals surface area contributed by atoms with Gasteiger partial charge in [0.1, 0.15) is 5.75 Å². The summed E-state index contributed by atoms with van der Waals surface area (Å²) in [6.45, 7) is 2.80. The van der Waals surface area contributed by atoms with Crippen LogP contribution in [0, 0.1) is 0 Å². The average molecular weight is 380 g/mol. The van der Waals surface area contributed by atoms with Gasteiger partial charge in [0.2, 0.25) is 0 Å². The third-order valence-corrected chi connectivity index (χ3v) is 4.28. The lowest BCUT2D eigenvalue weighted by atomic mass is 10.1. The minimum Gasteiger partial charge on any atom is -0.496 e. The lowest BCUT2D eigenvalue weighted by Crippen LogP contribution is -2.18. The molecule has 5 heteroatoms. The van der Waals surface area contributed by atoms with E-state index >= 15 is 0 Å². The van der Waals surface area contributed by atoms with Gasteiger partial charge in [0.15, 0.2) is 11.5 Å². The quantitative estimate of drug-likeness (QED) is 0.777. The average Bonchev–Trinajstić information content (AvgIpc) is 2.59. The van der Waals surface area contributed by atoms with E-state index in [9.17, 15) is 0 Å². The molecule has 1 atom stereocenters. The van der Waals surface area contributed by atoms with Crippen molar-refractivity contribution in [3.05, 3.63) is 52.0 Å². The molecule has 23 heavy (non-hydrogen) atoms. The van der Waals surface area contributed by atoms with Crippen molar-refractivity contribution in [3.63, 3.8) is 0 Å². The monoisotopic (exact) mass is 379 g/mol. The SMILES string of the molecule is COc1cc(OC)c(OC)cc1CN[C@H](C)c1ccc(Br)cc1.